The highest BCUT2D eigenvalue weighted by molar-refractivity contribution is 5.83. The van der Waals surface area contributed by atoms with E-state index in [9.17, 15) is 4.79 Å². The third-order valence-electron chi connectivity index (χ3n) is 2.08. The quantitative estimate of drug-likeness (QED) is 0.761. The Hall–Kier alpha value is -1.91. The lowest BCUT2D eigenvalue weighted by atomic mass is 10.1. The number of fused-ring (bicyclic) bond motifs is 1. The molecule has 0 amide bonds. The highest BCUT2D eigenvalue weighted by Crippen LogP contribution is 2.14. The number of esters is 1. The first-order chi connectivity index (χ1) is 7.31. The molecule has 5 heteroatoms. The number of aromatic amines is 1. The largest absolute Gasteiger partial charge is 0.466 e. The average Bonchev–Trinajstić information content (AvgIpc) is 2.67. The predicted molar refractivity (Wildman–Crippen MR) is 54.2 cm³/mol. The van der Waals surface area contributed by atoms with Crippen molar-refractivity contribution in [3.63, 3.8) is 0 Å². The molecule has 2 rings (SSSR count). The van der Waals surface area contributed by atoms with Gasteiger partial charge >= 0.3 is 5.97 Å². The number of H-pyrrole nitrogens is 1. The Balaban J connectivity index is 2.27. The summed E-state index contributed by atoms with van der Waals surface area (Å²) in [5.74, 6) is -0.243. The fraction of sp³-hybridized carbons (Fsp3) is 0.300. The molecule has 1 aromatic heterocycles. The van der Waals surface area contributed by atoms with Gasteiger partial charge in [0.05, 0.1) is 18.5 Å². The summed E-state index contributed by atoms with van der Waals surface area (Å²) in [7, 11) is 0. The van der Waals surface area contributed by atoms with E-state index in [1.165, 1.54) is 0 Å². The van der Waals surface area contributed by atoms with Gasteiger partial charge in [0.25, 0.3) is 0 Å². The lowest BCUT2D eigenvalue weighted by molar-refractivity contribution is -0.142. The summed E-state index contributed by atoms with van der Waals surface area (Å²) < 4.78 is 4.87. The summed E-state index contributed by atoms with van der Waals surface area (Å²) >= 11 is 0. The SMILES string of the molecule is CCOC(=O)Cc1cccc2[nH]nnc12. The Kier molecular flexibility index (Phi) is 2.62. The zero-order valence-corrected chi connectivity index (χ0v) is 8.36. The number of nitrogens with zero attached hydrogens (tertiary/aromatic N) is 2. The van der Waals surface area contributed by atoms with Crippen molar-refractivity contribution >= 4 is 17.0 Å². The molecule has 0 spiro atoms. The van der Waals surface area contributed by atoms with Crippen LogP contribution in [0.3, 0.4) is 0 Å². The van der Waals surface area contributed by atoms with Gasteiger partial charge in [0.2, 0.25) is 0 Å². The lowest BCUT2D eigenvalue weighted by Gasteiger charge is -2.01. The molecule has 15 heavy (non-hydrogen) atoms. The van der Waals surface area contributed by atoms with Crippen LogP contribution < -0.4 is 0 Å². The number of hydrogen-bond donors (Lipinski definition) is 1. The molecule has 0 saturated heterocycles. The van der Waals surface area contributed by atoms with Crippen LogP contribution in [0.15, 0.2) is 18.2 Å². The van der Waals surface area contributed by atoms with E-state index in [4.69, 9.17) is 4.74 Å². The van der Waals surface area contributed by atoms with Crippen molar-refractivity contribution in [2.75, 3.05) is 6.61 Å². The standard InChI is InChI=1S/C10H11N3O2/c1-2-15-9(14)6-7-4-3-5-8-10(7)12-13-11-8/h3-5H,2,6H2,1H3,(H,11,12,13). The summed E-state index contributed by atoms with van der Waals surface area (Å²) in [5.41, 5.74) is 2.39. The average molecular weight is 205 g/mol. The van der Waals surface area contributed by atoms with Gasteiger partial charge in [-0.15, -0.1) is 5.10 Å². The van der Waals surface area contributed by atoms with Gasteiger partial charge in [0.15, 0.2) is 0 Å². The summed E-state index contributed by atoms with van der Waals surface area (Å²) in [6.07, 6.45) is 0.234. The first-order valence-corrected chi connectivity index (χ1v) is 4.75. The number of carbonyl (C=O) groups excluding carboxylic acids is 1. The fourth-order valence-corrected chi connectivity index (χ4v) is 1.44. The number of nitrogens with one attached hydrogen (secondary N) is 1. The molecule has 0 aliphatic rings. The molecule has 78 valence electrons. The molecular formula is C10H11N3O2. The molecule has 2 aromatic rings. The summed E-state index contributed by atoms with van der Waals surface area (Å²) in [6, 6.07) is 5.57. The highest BCUT2D eigenvalue weighted by Gasteiger charge is 2.09. The van der Waals surface area contributed by atoms with Gasteiger partial charge in [0, 0.05) is 0 Å². The van der Waals surface area contributed by atoms with Crippen LogP contribution in [0.25, 0.3) is 11.0 Å². The number of rotatable bonds is 3. The molecule has 0 radical (unpaired) electrons. The number of benzene rings is 1. The molecule has 0 fully saturated rings. The highest BCUT2D eigenvalue weighted by atomic mass is 16.5. The monoisotopic (exact) mass is 205 g/mol. The Bertz CT molecular complexity index is 478. The molecule has 0 atom stereocenters. The third-order valence-corrected chi connectivity index (χ3v) is 2.08. The van der Waals surface area contributed by atoms with Crippen molar-refractivity contribution in [1.29, 1.82) is 0 Å². The molecule has 0 saturated carbocycles. The van der Waals surface area contributed by atoms with Crippen LogP contribution >= 0.6 is 0 Å². The summed E-state index contributed by atoms with van der Waals surface area (Å²) in [4.78, 5) is 11.3. The van der Waals surface area contributed by atoms with E-state index in [0.29, 0.717) is 6.61 Å². The van der Waals surface area contributed by atoms with Gasteiger partial charge < -0.3 is 4.74 Å². The Morgan fingerprint density at radius 2 is 2.40 bits per heavy atom. The minimum Gasteiger partial charge on any atom is -0.466 e. The van der Waals surface area contributed by atoms with E-state index in [1.54, 1.807) is 6.92 Å². The predicted octanol–water partition coefficient (Wildman–Crippen LogP) is 1.06. The van der Waals surface area contributed by atoms with Crippen molar-refractivity contribution in [3.05, 3.63) is 23.8 Å². The maximum absolute atomic E-state index is 11.3. The van der Waals surface area contributed by atoms with E-state index in [0.717, 1.165) is 16.6 Å². The second-order valence-electron chi connectivity index (χ2n) is 3.11. The van der Waals surface area contributed by atoms with Crippen LogP contribution in [-0.2, 0) is 16.0 Å². The molecule has 0 unspecified atom stereocenters. The normalized spacial score (nSPS) is 10.5. The molecule has 5 nitrogen and oxygen atoms in total. The first-order valence-electron chi connectivity index (χ1n) is 4.75. The van der Waals surface area contributed by atoms with Gasteiger partial charge in [-0.25, -0.2) is 0 Å². The molecular weight excluding hydrogens is 194 g/mol. The van der Waals surface area contributed by atoms with E-state index in [1.807, 2.05) is 18.2 Å². The van der Waals surface area contributed by atoms with Gasteiger partial charge in [-0.05, 0) is 18.6 Å². The Labute approximate surface area is 86.4 Å². The molecule has 0 bridgehead atoms. The van der Waals surface area contributed by atoms with Crippen LogP contribution in [0.5, 0.6) is 0 Å². The molecule has 1 heterocycles. The second kappa shape index (κ2) is 4.08. The second-order valence-corrected chi connectivity index (χ2v) is 3.11. The molecule has 1 N–H and O–H groups in total. The van der Waals surface area contributed by atoms with Gasteiger partial charge in [0.1, 0.15) is 5.52 Å². The summed E-state index contributed by atoms with van der Waals surface area (Å²) in [5, 5.41) is 10.4. The minimum absolute atomic E-state index is 0.234. The van der Waals surface area contributed by atoms with Gasteiger partial charge in [-0.1, -0.05) is 17.3 Å². The fourth-order valence-electron chi connectivity index (χ4n) is 1.44. The van der Waals surface area contributed by atoms with E-state index >= 15 is 0 Å². The van der Waals surface area contributed by atoms with Crippen LogP contribution in [0.2, 0.25) is 0 Å². The third kappa shape index (κ3) is 1.96. The van der Waals surface area contributed by atoms with Crippen molar-refractivity contribution in [2.45, 2.75) is 13.3 Å². The first kappa shape index (κ1) is 9.64. The van der Waals surface area contributed by atoms with Crippen LogP contribution in [-0.4, -0.2) is 28.0 Å². The number of hydrogen-bond acceptors (Lipinski definition) is 4. The van der Waals surface area contributed by atoms with Crippen molar-refractivity contribution in [3.8, 4) is 0 Å². The minimum atomic E-state index is -0.243. The van der Waals surface area contributed by atoms with Crippen molar-refractivity contribution in [2.24, 2.45) is 0 Å². The number of ether oxygens (including phenoxy) is 1. The number of carbonyl (C=O) groups is 1. The Morgan fingerprint density at radius 3 is 3.20 bits per heavy atom. The summed E-state index contributed by atoms with van der Waals surface area (Å²) in [6.45, 7) is 2.18. The number of aromatic nitrogens is 3. The van der Waals surface area contributed by atoms with Crippen LogP contribution in [0, 0.1) is 0 Å². The molecule has 0 aliphatic heterocycles. The van der Waals surface area contributed by atoms with Crippen molar-refractivity contribution < 1.29 is 9.53 Å². The zero-order valence-electron chi connectivity index (χ0n) is 8.36. The molecule has 0 aliphatic carbocycles. The molecule has 1 aromatic carbocycles. The van der Waals surface area contributed by atoms with E-state index < -0.39 is 0 Å². The Morgan fingerprint density at radius 1 is 1.53 bits per heavy atom. The van der Waals surface area contributed by atoms with Crippen LogP contribution in [0.4, 0.5) is 0 Å². The van der Waals surface area contributed by atoms with E-state index in [-0.39, 0.29) is 12.4 Å². The maximum Gasteiger partial charge on any atom is 0.310 e. The van der Waals surface area contributed by atoms with Gasteiger partial charge in [-0.3, -0.25) is 9.89 Å². The topological polar surface area (TPSA) is 67.9 Å². The van der Waals surface area contributed by atoms with Gasteiger partial charge in [-0.2, -0.15) is 0 Å². The lowest BCUT2D eigenvalue weighted by Crippen LogP contribution is -2.07. The van der Waals surface area contributed by atoms with Crippen LogP contribution in [0.1, 0.15) is 12.5 Å². The maximum atomic E-state index is 11.3. The van der Waals surface area contributed by atoms with E-state index in [2.05, 4.69) is 15.4 Å². The van der Waals surface area contributed by atoms with Crippen molar-refractivity contribution in [1.82, 2.24) is 15.4 Å². The zero-order chi connectivity index (χ0) is 10.7. The smallest absolute Gasteiger partial charge is 0.310 e.